The molecule has 1 aliphatic rings. The van der Waals surface area contributed by atoms with Gasteiger partial charge in [-0.05, 0) is 36.4 Å². The van der Waals surface area contributed by atoms with E-state index < -0.39 is 10.0 Å². The van der Waals surface area contributed by atoms with Crippen molar-refractivity contribution >= 4 is 50.7 Å². The molecule has 9 heteroatoms. The fourth-order valence-electron chi connectivity index (χ4n) is 2.83. The van der Waals surface area contributed by atoms with Crippen LogP contribution in [-0.4, -0.2) is 33.2 Å². The Morgan fingerprint density at radius 1 is 1.30 bits per heavy atom. The average molecular weight is 427 g/mol. The van der Waals surface area contributed by atoms with Crippen molar-refractivity contribution in [2.45, 2.75) is 28.9 Å². The first-order chi connectivity index (χ1) is 12.7. The number of carbonyl (C=O) groups is 1. The Labute approximate surface area is 167 Å². The van der Waals surface area contributed by atoms with Crippen LogP contribution < -0.4 is 14.4 Å². The third-order valence-corrected chi connectivity index (χ3v) is 6.91. The molecule has 1 heterocycles. The molecular weight excluding hydrogens is 408 g/mol. The molecule has 0 aromatic heterocycles. The number of rotatable bonds is 4. The molecule has 0 aliphatic carbocycles. The van der Waals surface area contributed by atoms with Crippen LogP contribution in [0.4, 0.5) is 11.4 Å². The zero-order chi connectivity index (χ0) is 19.8. The van der Waals surface area contributed by atoms with Gasteiger partial charge in [0, 0.05) is 23.6 Å². The number of anilines is 2. The number of amides is 1. The molecule has 0 saturated heterocycles. The smallest absolute Gasteiger partial charge is 0.261 e. The average Bonchev–Trinajstić information content (AvgIpc) is 2.60. The predicted octanol–water partition coefficient (Wildman–Crippen LogP) is 4.00. The van der Waals surface area contributed by atoms with Gasteiger partial charge in [-0.3, -0.25) is 9.52 Å². The zero-order valence-corrected chi connectivity index (χ0v) is 17.4. The number of nitrogens with zero attached hydrogens (tertiary/aromatic N) is 1. The van der Waals surface area contributed by atoms with E-state index in [2.05, 4.69) is 4.72 Å². The van der Waals surface area contributed by atoms with Crippen LogP contribution in [0.1, 0.15) is 13.8 Å². The minimum atomic E-state index is -3.84. The monoisotopic (exact) mass is 426 g/mol. The van der Waals surface area contributed by atoms with Crippen LogP contribution in [0.15, 0.2) is 46.2 Å². The number of methoxy groups -OCH3 is 1. The number of benzene rings is 2. The number of hydrogen-bond acceptors (Lipinski definition) is 5. The molecule has 144 valence electrons. The van der Waals surface area contributed by atoms with Crippen LogP contribution in [-0.2, 0) is 14.8 Å². The lowest BCUT2D eigenvalue weighted by molar-refractivity contribution is -0.116. The van der Waals surface area contributed by atoms with Crippen molar-refractivity contribution < 1.29 is 17.9 Å². The Kier molecular flexibility index (Phi) is 5.60. The topological polar surface area (TPSA) is 75.7 Å². The van der Waals surface area contributed by atoms with E-state index >= 15 is 0 Å². The highest BCUT2D eigenvalue weighted by Gasteiger charge is 2.27. The first-order valence-electron chi connectivity index (χ1n) is 8.16. The summed E-state index contributed by atoms with van der Waals surface area (Å²) in [7, 11) is -2.36. The van der Waals surface area contributed by atoms with Crippen molar-refractivity contribution in [3.05, 3.63) is 41.4 Å². The Morgan fingerprint density at radius 2 is 2.04 bits per heavy atom. The van der Waals surface area contributed by atoms with E-state index in [1.54, 1.807) is 34.9 Å². The van der Waals surface area contributed by atoms with Crippen LogP contribution in [0, 0.1) is 0 Å². The summed E-state index contributed by atoms with van der Waals surface area (Å²) in [6, 6.07) is 9.44. The van der Waals surface area contributed by atoms with Gasteiger partial charge in [-0.1, -0.05) is 18.5 Å². The first-order valence-corrected chi connectivity index (χ1v) is 10.9. The van der Waals surface area contributed by atoms with Crippen molar-refractivity contribution in [2.24, 2.45) is 0 Å². The van der Waals surface area contributed by atoms with Gasteiger partial charge >= 0.3 is 0 Å². The lowest BCUT2D eigenvalue weighted by Gasteiger charge is -2.32. The minimum absolute atomic E-state index is 0.0783. The molecule has 3 rings (SSSR count). The molecular formula is C18H19ClN2O4S2. The molecule has 1 atom stereocenters. The van der Waals surface area contributed by atoms with E-state index in [-0.39, 0.29) is 16.1 Å². The van der Waals surface area contributed by atoms with E-state index in [1.165, 1.54) is 32.2 Å². The summed E-state index contributed by atoms with van der Waals surface area (Å²) >= 11 is 7.68. The Hall–Kier alpha value is -1.90. The van der Waals surface area contributed by atoms with Gasteiger partial charge in [0.05, 0.1) is 28.4 Å². The fraction of sp³-hybridized carbons (Fsp3) is 0.278. The van der Waals surface area contributed by atoms with Crippen molar-refractivity contribution in [3.63, 3.8) is 0 Å². The van der Waals surface area contributed by atoms with Gasteiger partial charge < -0.3 is 9.64 Å². The minimum Gasteiger partial charge on any atom is -0.495 e. The maximum atomic E-state index is 12.8. The first kappa shape index (κ1) is 19.9. The van der Waals surface area contributed by atoms with Crippen molar-refractivity contribution in [1.29, 1.82) is 0 Å². The molecule has 1 unspecified atom stereocenters. The van der Waals surface area contributed by atoms with Gasteiger partial charge in [0.1, 0.15) is 5.75 Å². The van der Waals surface area contributed by atoms with E-state index in [4.69, 9.17) is 16.3 Å². The van der Waals surface area contributed by atoms with Crippen molar-refractivity contribution in [3.8, 4) is 5.75 Å². The highest BCUT2D eigenvalue weighted by Crippen LogP contribution is 2.40. The van der Waals surface area contributed by atoms with Gasteiger partial charge in [0.2, 0.25) is 5.91 Å². The summed E-state index contributed by atoms with van der Waals surface area (Å²) in [6.45, 7) is 4.05. The maximum absolute atomic E-state index is 12.8. The molecule has 6 nitrogen and oxygen atoms in total. The van der Waals surface area contributed by atoms with Gasteiger partial charge in [-0.15, -0.1) is 11.8 Å². The predicted molar refractivity (Wildman–Crippen MR) is 109 cm³/mol. The number of nitrogens with one attached hydrogen (secondary N) is 1. The second-order valence-corrected chi connectivity index (χ2v) is 9.71. The van der Waals surface area contributed by atoms with Gasteiger partial charge in [-0.25, -0.2) is 8.42 Å². The van der Waals surface area contributed by atoms with Crippen LogP contribution in [0.3, 0.4) is 0 Å². The van der Waals surface area contributed by atoms with E-state index in [0.29, 0.717) is 28.7 Å². The molecule has 1 amide bonds. The van der Waals surface area contributed by atoms with Gasteiger partial charge in [0.15, 0.2) is 0 Å². The maximum Gasteiger partial charge on any atom is 0.261 e. The molecule has 2 aromatic rings. The SMILES string of the molecule is COc1ccc(NS(=O)(=O)c2ccc3c(c2)N(C(C)=O)CC(C)S3)cc1Cl. The summed E-state index contributed by atoms with van der Waals surface area (Å²) < 4.78 is 33.2. The Morgan fingerprint density at radius 3 is 2.67 bits per heavy atom. The van der Waals surface area contributed by atoms with Gasteiger partial charge in [-0.2, -0.15) is 0 Å². The molecule has 0 saturated carbocycles. The summed E-state index contributed by atoms with van der Waals surface area (Å²) in [6.07, 6.45) is 0. The van der Waals surface area contributed by atoms with Crippen LogP contribution in [0.5, 0.6) is 5.75 Å². The van der Waals surface area contributed by atoms with E-state index in [0.717, 1.165) is 4.90 Å². The summed E-state index contributed by atoms with van der Waals surface area (Å²) in [5.74, 6) is 0.337. The second kappa shape index (κ2) is 7.61. The van der Waals surface area contributed by atoms with Crippen LogP contribution >= 0.6 is 23.4 Å². The third kappa shape index (κ3) is 4.17. The summed E-state index contributed by atoms with van der Waals surface area (Å²) in [4.78, 5) is 14.6. The molecule has 0 bridgehead atoms. The number of thioether (sulfide) groups is 1. The van der Waals surface area contributed by atoms with Crippen molar-refractivity contribution in [2.75, 3.05) is 23.3 Å². The molecule has 1 N–H and O–H groups in total. The number of carbonyl (C=O) groups excluding carboxylic acids is 1. The third-order valence-electron chi connectivity index (χ3n) is 4.08. The Balaban J connectivity index is 1.95. The fourth-order valence-corrected chi connectivity index (χ4v) is 5.25. The summed E-state index contributed by atoms with van der Waals surface area (Å²) in [5.41, 5.74) is 0.936. The molecule has 0 spiro atoms. The molecule has 1 aliphatic heterocycles. The highest BCUT2D eigenvalue weighted by molar-refractivity contribution is 8.00. The number of ether oxygens (including phenoxy) is 1. The number of fused-ring (bicyclic) bond motifs is 1. The van der Waals surface area contributed by atoms with Crippen molar-refractivity contribution in [1.82, 2.24) is 0 Å². The molecule has 27 heavy (non-hydrogen) atoms. The highest BCUT2D eigenvalue weighted by atomic mass is 35.5. The van der Waals surface area contributed by atoms with Crippen LogP contribution in [0.2, 0.25) is 5.02 Å². The standard InChI is InChI=1S/C18H19ClN2O4S2/c1-11-10-21(12(2)22)16-9-14(5-7-18(16)26-11)27(23,24)20-13-4-6-17(25-3)15(19)8-13/h4-9,11,20H,10H2,1-3H3. The number of hydrogen-bond donors (Lipinski definition) is 1. The normalized spacial score (nSPS) is 16.6. The van der Waals surface area contributed by atoms with E-state index in [1.807, 2.05) is 6.92 Å². The van der Waals surface area contributed by atoms with E-state index in [9.17, 15) is 13.2 Å². The van der Waals surface area contributed by atoms with Gasteiger partial charge in [0.25, 0.3) is 10.0 Å². The zero-order valence-electron chi connectivity index (χ0n) is 15.0. The second-order valence-electron chi connectivity index (χ2n) is 6.14. The molecule has 0 fully saturated rings. The quantitative estimate of drug-likeness (QED) is 0.799. The Bertz CT molecular complexity index is 995. The molecule has 0 radical (unpaired) electrons. The van der Waals surface area contributed by atoms with Crippen LogP contribution in [0.25, 0.3) is 0 Å². The summed E-state index contributed by atoms with van der Waals surface area (Å²) in [5, 5.41) is 0.541. The largest absolute Gasteiger partial charge is 0.495 e. The number of halogens is 1. The molecule has 2 aromatic carbocycles. The lowest BCUT2D eigenvalue weighted by Crippen LogP contribution is -2.37. The number of sulfonamides is 1. The lowest BCUT2D eigenvalue weighted by atomic mass is 10.2.